The van der Waals surface area contributed by atoms with E-state index in [0.717, 1.165) is 6.07 Å². The van der Waals surface area contributed by atoms with Crippen LogP contribution in [0.3, 0.4) is 0 Å². The number of amides is 2. The first kappa shape index (κ1) is 25.7. The Morgan fingerprint density at radius 3 is 2.60 bits per heavy atom. The van der Waals surface area contributed by atoms with Crippen molar-refractivity contribution in [2.24, 2.45) is 5.10 Å². The summed E-state index contributed by atoms with van der Waals surface area (Å²) in [5, 5.41) is 18.0. The van der Waals surface area contributed by atoms with E-state index in [1.54, 1.807) is 36.4 Å². The van der Waals surface area contributed by atoms with Gasteiger partial charge in [-0.15, -0.1) is 0 Å². The second-order valence-corrected chi connectivity index (χ2v) is 8.18. The van der Waals surface area contributed by atoms with Crippen molar-refractivity contribution in [3.63, 3.8) is 0 Å². The molecule has 2 amide bonds. The molecular formula is C23H18BrClN4O6. The standard InChI is InChI=1S/C23H18BrClN4O6/c1-34-20-10-14(12-26-28-23(31)15-3-2-4-18(11-15)29(32)33)9-19(24)22(20)35-13-21(30)27-17-7-5-16(25)6-8-17/h2-12H,13H2,1H3,(H,27,30)(H,28,31)/b26-12+. The lowest BCUT2D eigenvalue weighted by Crippen LogP contribution is -2.20. The van der Waals surface area contributed by atoms with Crippen LogP contribution in [0.2, 0.25) is 5.02 Å². The van der Waals surface area contributed by atoms with Gasteiger partial charge in [-0.1, -0.05) is 17.7 Å². The van der Waals surface area contributed by atoms with Crippen LogP contribution in [0, 0.1) is 10.1 Å². The van der Waals surface area contributed by atoms with Gasteiger partial charge >= 0.3 is 0 Å². The summed E-state index contributed by atoms with van der Waals surface area (Å²) in [4.78, 5) is 34.7. The van der Waals surface area contributed by atoms with Crippen LogP contribution in [-0.4, -0.2) is 36.7 Å². The largest absolute Gasteiger partial charge is 0.493 e. The van der Waals surface area contributed by atoms with Gasteiger partial charge in [0.2, 0.25) is 0 Å². The van der Waals surface area contributed by atoms with Gasteiger partial charge < -0.3 is 14.8 Å². The Labute approximate surface area is 213 Å². The van der Waals surface area contributed by atoms with Gasteiger partial charge in [-0.3, -0.25) is 19.7 Å². The average molecular weight is 562 g/mol. The minimum atomic E-state index is -0.609. The summed E-state index contributed by atoms with van der Waals surface area (Å²) in [7, 11) is 1.44. The zero-order valence-electron chi connectivity index (χ0n) is 18.2. The second kappa shape index (κ2) is 12.0. The normalized spacial score (nSPS) is 10.6. The molecule has 0 spiro atoms. The smallest absolute Gasteiger partial charge is 0.271 e. The lowest BCUT2D eigenvalue weighted by molar-refractivity contribution is -0.384. The molecule has 0 saturated carbocycles. The Kier molecular flexibility index (Phi) is 8.76. The van der Waals surface area contributed by atoms with E-state index in [1.165, 1.54) is 31.5 Å². The van der Waals surface area contributed by atoms with Crippen molar-refractivity contribution in [3.05, 3.63) is 91.4 Å². The van der Waals surface area contributed by atoms with Crippen LogP contribution in [0.15, 0.2) is 70.2 Å². The van der Waals surface area contributed by atoms with Crippen LogP contribution in [0.25, 0.3) is 0 Å². The first-order chi connectivity index (χ1) is 16.8. The summed E-state index contributed by atoms with van der Waals surface area (Å²) in [6.07, 6.45) is 1.36. The molecule has 0 atom stereocenters. The maximum atomic E-state index is 12.2. The molecule has 0 bridgehead atoms. The Balaban J connectivity index is 1.63. The lowest BCUT2D eigenvalue weighted by atomic mass is 10.2. The molecule has 12 heteroatoms. The molecule has 0 radical (unpaired) electrons. The van der Waals surface area contributed by atoms with Crippen molar-refractivity contribution in [1.82, 2.24) is 5.43 Å². The third kappa shape index (κ3) is 7.26. The highest BCUT2D eigenvalue weighted by atomic mass is 79.9. The van der Waals surface area contributed by atoms with Gasteiger partial charge in [-0.2, -0.15) is 5.10 Å². The fraction of sp³-hybridized carbons (Fsp3) is 0.0870. The van der Waals surface area contributed by atoms with E-state index in [0.29, 0.717) is 32.2 Å². The number of hydrazone groups is 1. The summed E-state index contributed by atoms with van der Waals surface area (Å²) in [6.45, 7) is -0.274. The number of ether oxygens (including phenoxy) is 2. The Bertz CT molecular complexity index is 1280. The maximum Gasteiger partial charge on any atom is 0.271 e. The zero-order valence-corrected chi connectivity index (χ0v) is 20.5. The van der Waals surface area contributed by atoms with Gasteiger partial charge in [0.15, 0.2) is 18.1 Å². The quantitative estimate of drug-likeness (QED) is 0.219. The third-order valence-corrected chi connectivity index (χ3v) is 5.27. The summed E-state index contributed by atoms with van der Waals surface area (Å²) >= 11 is 9.21. The first-order valence-corrected chi connectivity index (χ1v) is 11.1. The van der Waals surface area contributed by atoms with Crippen LogP contribution >= 0.6 is 27.5 Å². The molecule has 0 saturated heterocycles. The molecule has 3 rings (SSSR count). The molecule has 3 aromatic rings. The van der Waals surface area contributed by atoms with Crippen molar-refractivity contribution in [2.45, 2.75) is 0 Å². The molecular weight excluding hydrogens is 544 g/mol. The number of halogens is 2. The van der Waals surface area contributed by atoms with E-state index < -0.39 is 10.8 Å². The lowest BCUT2D eigenvalue weighted by Gasteiger charge is -2.13. The molecule has 10 nitrogen and oxygen atoms in total. The number of nitro groups is 1. The molecule has 0 aromatic heterocycles. The molecule has 3 aromatic carbocycles. The molecule has 0 aliphatic carbocycles. The SMILES string of the molecule is COc1cc(/C=N/NC(=O)c2cccc([N+](=O)[O-])c2)cc(Br)c1OCC(=O)Nc1ccc(Cl)cc1. The van der Waals surface area contributed by atoms with Gasteiger partial charge in [-0.05, 0) is 64.0 Å². The van der Waals surface area contributed by atoms with Crippen LogP contribution < -0.4 is 20.2 Å². The predicted molar refractivity (Wildman–Crippen MR) is 134 cm³/mol. The molecule has 2 N–H and O–H groups in total. The summed E-state index contributed by atoms with van der Waals surface area (Å²) in [6, 6.07) is 15.2. The summed E-state index contributed by atoms with van der Waals surface area (Å²) in [5.74, 6) is -0.361. The van der Waals surface area contributed by atoms with E-state index >= 15 is 0 Å². The number of hydrogen-bond donors (Lipinski definition) is 2. The van der Waals surface area contributed by atoms with E-state index in [-0.39, 0.29) is 23.8 Å². The topological polar surface area (TPSA) is 132 Å². The number of benzene rings is 3. The van der Waals surface area contributed by atoms with Crippen molar-refractivity contribution >= 4 is 56.9 Å². The fourth-order valence-electron chi connectivity index (χ4n) is 2.81. The monoisotopic (exact) mass is 560 g/mol. The predicted octanol–water partition coefficient (Wildman–Crippen LogP) is 4.80. The number of methoxy groups -OCH3 is 1. The number of hydrogen-bond acceptors (Lipinski definition) is 7. The third-order valence-electron chi connectivity index (χ3n) is 4.43. The highest BCUT2D eigenvalue weighted by Crippen LogP contribution is 2.36. The number of carbonyl (C=O) groups excluding carboxylic acids is 2. The summed E-state index contributed by atoms with van der Waals surface area (Å²) < 4.78 is 11.5. The number of nitro benzene ring substituents is 1. The molecule has 0 fully saturated rings. The number of nitrogens with zero attached hydrogens (tertiary/aromatic N) is 2. The number of nitrogens with one attached hydrogen (secondary N) is 2. The van der Waals surface area contributed by atoms with E-state index in [2.05, 4.69) is 31.8 Å². The minimum absolute atomic E-state index is 0.0933. The first-order valence-electron chi connectivity index (χ1n) is 9.90. The van der Waals surface area contributed by atoms with Gasteiger partial charge in [-0.25, -0.2) is 5.43 Å². The summed E-state index contributed by atoms with van der Waals surface area (Å²) in [5.41, 5.74) is 3.33. The minimum Gasteiger partial charge on any atom is -0.493 e. The molecule has 0 aliphatic heterocycles. The van der Waals surface area contributed by atoms with Gasteiger partial charge in [0, 0.05) is 28.4 Å². The Hall–Kier alpha value is -3.96. The fourth-order valence-corrected chi connectivity index (χ4v) is 3.51. The number of rotatable bonds is 9. The number of non-ortho nitro benzene ring substituents is 1. The van der Waals surface area contributed by atoms with Crippen LogP contribution in [0.4, 0.5) is 11.4 Å². The molecule has 35 heavy (non-hydrogen) atoms. The molecule has 0 aliphatic rings. The molecule has 0 unspecified atom stereocenters. The van der Waals surface area contributed by atoms with Crippen molar-refractivity contribution < 1.29 is 24.0 Å². The van der Waals surface area contributed by atoms with Crippen molar-refractivity contribution in [3.8, 4) is 11.5 Å². The van der Waals surface area contributed by atoms with Gasteiger partial charge in [0.05, 0.1) is 22.7 Å². The highest BCUT2D eigenvalue weighted by Gasteiger charge is 2.14. The molecule has 0 heterocycles. The highest BCUT2D eigenvalue weighted by molar-refractivity contribution is 9.10. The van der Waals surface area contributed by atoms with Crippen molar-refractivity contribution in [2.75, 3.05) is 19.0 Å². The van der Waals surface area contributed by atoms with Crippen LogP contribution in [0.1, 0.15) is 15.9 Å². The number of carbonyl (C=O) groups is 2. The maximum absolute atomic E-state index is 12.2. The van der Waals surface area contributed by atoms with Crippen LogP contribution in [-0.2, 0) is 4.79 Å². The second-order valence-electron chi connectivity index (χ2n) is 6.88. The molecule has 180 valence electrons. The number of anilines is 1. The Morgan fingerprint density at radius 2 is 1.91 bits per heavy atom. The van der Waals surface area contributed by atoms with E-state index in [1.807, 2.05) is 0 Å². The van der Waals surface area contributed by atoms with E-state index in [4.69, 9.17) is 21.1 Å². The van der Waals surface area contributed by atoms with Gasteiger partial charge in [0.1, 0.15) is 0 Å². The van der Waals surface area contributed by atoms with Crippen LogP contribution in [0.5, 0.6) is 11.5 Å². The van der Waals surface area contributed by atoms with Gasteiger partial charge in [0.25, 0.3) is 17.5 Å². The zero-order chi connectivity index (χ0) is 25.4. The van der Waals surface area contributed by atoms with Crippen molar-refractivity contribution in [1.29, 1.82) is 0 Å². The Morgan fingerprint density at radius 1 is 1.17 bits per heavy atom. The average Bonchev–Trinajstić information content (AvgIpc) is 2.84. The van der Waals surface area contributed by atoms with E-state index in [9.17, 15) is 19.7 Å².